The summed E-state index contributed by atoms with van der Waals surface area (Å²) in [4.78, 5) is 9.21. The number of aromatic nitrogens is 2. The number of aryl methyl sites for hydroxylation is 1. The zero-order valence-electron chi connectivity index (χ0n) is 12.7. The molecule has 0 saturated heterocycles. The van der Waals surface area contributed by atoms with Crippen molar-refractivity contribution in [3.05, 3.63) is 46.4 Å². The quantitative estimate of drug-likeness (QED) is 0.714. The highest BCUT2D eigenvalue weighted by atomic mass is 35.5. The van der Waals surface area contributed by atoms with E-state index in [0.717, 1.165) is 29.9 Å². The molecule has 0 N–H and O–H groups in total. The van der Waals surface area contributed by atoms with E-state index >= 15 is 0 Å². The molecule has 1 aromatic carbocycles. The van der Waals surface area contributed by atoms with Crippen molar-refractivity contribution in [2.75, 3.05) is 0 Å². The zero-order valence-corrected chi connectivity index (χ0v) is 13.5. The van der Waals surface area contributed by atoms with Gasteiger partial charge < -0.3 is 0 Å². The number of nitrogens with zero attached hydrogens (tertiary/aromatic N) is 2. The standard InChI is InChI=1S/C18H21ClN2/c1-3-7-16-20-17(12(2)18(19)21-16)15-11-5-4-10-14(15)13-8-6-9-13/h4-5,10-11,13H,3,6-9H2,1-2H3. The van der Waals surface area contributed by atoms with E-state index in [4.69, 9.17) is 16.6 Å². The Bertz CT molecular complexity index is 648. The van der Waals surface area contributed by atoms with E-state index in [2.05, 4.69) is 36.2 Å². The Balaban J connectivity index is 2.11. The minimum absolute atomic E-state index is 0.590. The van der Waals surface area contributed by atoms with Gasteiger partial charge >= 0.3 is 0 Å². The molecule has 2 nitrogen and oxygen atoms in total. The van der Waals surface area contributed by atoms with Crippen molar-refractivity contribution in [3.63, 3.8) is 0 Å². The number of benzene rings is 1. The molecule has 0 bridgehead atoms. The van der Waals surface area contributed by atoms with Gasteiger partial charge in [0, 0.05) is 17.5 Å². The third-order valence-electron chi connectivity index (χ3n) is 4.37. The Kier molecular flexibility index (Phi) is 4.25. The highest BCUT2D eigenvalue weighted by Crippen LogP contribution is 2.41. The molecule has 0 radical (unpaired) electrons. The summed E-state index contributed by atoms with van der Waals surface area (Å²) in [5, 5.41) is 0.590. The molecule has 0 aliphatic heterocycles. The molecule has 0 spiro atoms. The van der Waals surface area contributed by atoms with Crippen LogP contribution in [0.4, 0.5) is 0 Å². The van der Waals surface area contributed by atoms with Crippen molar-refractivity contribution in [1.82, 2.24) is 9.97 Å². The molecule has 1 fully saturated rings. The summed E-state index contributed by atoms with van der Waals surface area (Å²) < 4.78 is 0. The lowest BCUT2D eigenvalue weighted by Gasteiger charge is -2.28. The molecule has 3 rings (SSSR count). The van der Waals surface area contributed by atoms with Gasteiger partial charge in [-0.15, -0.1) is 0 Å². The first kappa shape index (κ1) is 14.5. The van der Waals surface area contributed by atoms with Crippen molar-refractivity contribution in [1.29, 1.82) is 0 Å². The van der Waals surface area contributed by atoms with Crippen LogP contribution in [-0.4, -0.2) is 9.97 Å². The van der Waals surface area contributed by atoms with E-state index in [9.17, 15) is 0 Å². The van der Waals surface area contributed by atoms with Gasteiger partial charge in [0.15, 0.2) is 0 Å². The van der Waals surface area contributed by atoms with Crippen LogP contribution in [0, 0.1) is 6.92 Å². The molecule has 21 heavy (non-hydrogen) atoms. The molecule has 0 amide bonds. The van der Waals surface area contributed by atoms with E-state index in [0.29, 0.717) is 11.1 Å². The molecule has 0 unspecified atom stereocenters. The van der Waals surface area contributed by atoms with Crippen molar-refractivity contribution in [2.24, 2.45) is 0 Å². The predicted molar refractivity (Wildman–Crippen MR) is 87.8 cm³/mol. The van der Waals surface area contributed by atoms with Gasteiger partial charge in [0.2, 0.25) is 0 Å². The Hall–Kier alpha value is -1.41. The summed E-state index contributed by atoms with van der Waals surface area (Å²) in [6, 6.07) is 8.64. The van der Waals surface area contributed by atoms with Crippen LogP contribution in [0.2, 0.25) is 5.15 Å². The molecule has 1 heterocycles. The van der Waals surface area contributed by atoms with E-state index in [-0.39, 0.29) is 0 Å². The normalized spacial score (nSPS) is 15.0. The Labute approximate surface area is 131 Å². The first-order chi connectivity index (χ1) is 10.2. The fraction of sp³-hybridized carbons (Fsp3) is 0.444. The lowest BCUT2D eigenvalue weighted by molar-refractivity contribution is 0.420. The average molecular weight is 301 g/mol. The fourth-order valence-corrected chi connectivity index (χ4v) is 3.11. The largest absolute Gasteiger partial charge is 0.233 e. The topological polar surface area (TPSA) is 25.8 Å². The van der Waals surface area contributed by atoms with Crippen LogP contribution in [0.1, 0.15) is 55.5 Å². The van der Waals surface area contributed by atoms with Gasteiger partial charge in [0.25, 0.3) is 0 Å². The Morgan fingerprint density at radius 2 is 1.95 bits per heavy atom. The summed E-state index contributed by atoms with van der Waals surface area (Å²) in [6.45, 7) is 4.16. The van der Waals surface area contributed by atoms with Crippen molar-refractivity contribution >= 4 is 11.6 Å². The second-order valence-electron chi connectivity index (χ2n) is 5.87. The summed E-state index contributed by atoms with van der Waals surface area (Å²) in [5.74, 6) is 1.54. The van der Waals surface area contributed by atoms with Crippen molar-refractivity contribution in [2.45, 2.75) is 51.9 Å². The predicted octanol–water partition coefficient (Wildman–Crippen LogP) is 5.33. The highest BCUT2D eigenvalue weighted by Gasteiger charge is 2.24. The molecule has 3 heteroatoms. The SMILES string of the molecule is CCCc1nc(Cl)c(C)c(-c2ccccc2C2CCC2)n1. The Morgan fingerprint density at radius 1 is 1.19 bits per heavy atom. The van der Waals surface area contributed by atoms with Crippen LogP contribution in [0.5, 0.6) is 0 Å². The van der Waals surface area contributed by atoms with Crippen LogP contribution in [-0.2, 0) is 6.42 Å². The average Bonchev–Trinajstić information content (AvgIpc) is 2.42. The summed E-state index contributed by atoms with van der Waals surface area (Å²) in [7, 11) is 0. The summed E-state index contributed by atoms with van der Waals surface area (Å²) in [6.07, 6.45) is 5.82. The van der Waals surface area contributed by atoms with Gasteiger partial charge in [0.05, 0.1) is 5.69 Å². The maximum absolute atomic E-state index is 6.33. The van der Waals surface area contributed by atoms with Crippen LogP contribution >= 0.6 is 11.6 Å². The monoisotopic (exact) mass is 300 g/mol. The molecule has 1 saturated carbocycles. The zero-order chi connectivity index (χ0) is 14.8. The van der Waals surface area contributed by atoms with Gasteiger partial charge in [-0.25, -0.2) is 9.97 Å². The van der Waals surface area contributed by atoms with Gasteiger partial charge in [-0.05, 0) is 37.7 Å². The maximum Gasteiger partial charge on any atom is 0.136 e. The maximum atomic E-state index is 6.33. The fourth-order valence-electron chi connectivity index (χ4n) is 2.92. The summed E-state index contributed by atoms with van der Waals surface area (Å²) >= 11 is 6.33. The van der Waals surface area contributed by atoms with Gasteiger partial charge in [-0.2, -0.15) is 0 Å². The van der Waals surface area contributed by atoms with Gasteiger partial charge in [-0.1, -0.05) is 49.2 Å². The van der Waals surface area contributed by atoms with Crippen molar-refractivity contribution in [3.8, 4) is 11.3 Å². The molecular weight excluding hydrogens is 280 g/mol. The highest BCUT2D eigenvalue weighted by molar-refractivity contribution is 6.30. The number of rotatable bonds is 4. The molecule has 0 atom stereocenters. The first-order valence-corrected chi connectivity index (χ1v) is 8.20. The molecule has 1 aliphatic carbocycles. The van der Waals surface area contributed by atoms with Crippen LogP contribution in [0.3, 0.4) is 0 Å². The van der Waals surface area contributed by atoms with Crippen LogP contribution < -0.4 is 0 Å². The third kappa shape index (κ3) is 2.82. The van der Waals surface area contributed by atoms with E-state index in [1.165, 1.54) is 30.4 Å². The third-order valence-corrected chi connectivity index (χ3v) is 4.74. The second kappa shape index (κ2) is 6.15. The molecular formula is C18H21ClN2. The van der Waals surface area contributed by atoms with E-state index in [1.807, 2.05) is 6.92 Å². The number of halogens is 1. The lowest BCUT2D eigenvalue weighted by Crippen LogP contribution is -2.11. The van der Waals surface area contributed by atoms with Crippen molar-refractivity contribution < 1.29 is 0 Å². The minimum Gasteiger partial charge on any atom is -0.233 e. The Morgan fingerprint density at radius 3 is 2.62 bits per heavy atom. The number of hydrogen-bond donors (Lipinski definition) is 0. The van der Waals surface area contributed by atoms with Crippen LogP contribution in [0.15, 0.2) is 24.3 Å². The first-order valence-electron chi connectivity index (χ1n) is 7.83. The van der Waals surface area contributed by atoms with Gasteiger partial charge in [-0.3, -0.25) is 0 Å². The minimum atomic E-state index is 0.590. The smallest absolute Gasteiger partial charge is 0.136 e. The second-order valence-corrected chi connectivity index (χ2v) is 6.23. The van der Waals surface area contributed by atoms with Gasteiger partial charge in [0.1, 0.15) is 11.0 Å². The van der Waals surface area contributed by atoms with Crippen LogP contribution in [0.25, 0.3) is 11.3 Å². The molecule has 2 aromatic rings. The molecule has 110 valence electrons. The summed E-state index contributed by atoms with van der Waals surface area (Å²) in [5.41, 5.74) is 4.66. The van der Waals surface area contributed by atoms with E-state index in [1.54, 1.807) is 0 Å². The molecule has 1 aliphatic rings. The van der Waals surface area contributed by atoms with E-state index < -0.39 is 0 Å². The lowest BCUT2D eigenvalue weighted by atomic mass is 9.77. The molecule has 1 aromatic heterocycles. The number of hydrogen-bond acceptors (Lipinski definition) is 2.